The maximum atomic E-state index is 17.5. The van der Waals surface area contributed by atoms with Crippen LogP contribution in [0, 0.1) is 28.6 Å². The molecule has 41 heavy (non-hydrogen) atoms. The van der Waals surface area contributed by atoms with Crippen molar-refractivity contribution in [3.63, 3.8) is 0 Å². The molecule has 6 nitrogen and oxygen atoms in total. The van der Waals surface area contributed by atoms with Crippen LogP contribution in [0.3, 0.4) is 0 Å². The van der Waals surface area contributed by atoms with Crippen LogP contribution >= 0.6 is 11.6 Å². The minimum absolute atomic E-state index is 0.00594. The standard InChI is InChI=1S/C31H34ClF3O6/c1-5-23(38)41-30(4)13-19-18-12-20(33)24-25(34)21(36)10-11-29(24,3)31(18,35)22(37)14-28(19,2)26(30)27(39)40-15-16-6-8-17(32)9-7-16/h6-11,18-20,22,26,37H,5,12-15H2,1-4H3/t18-,19-,20-,22-,26+,28-,29-,30-,31-/m0/s1. The highest BCUT2D eigenvalue weighted by atomic mass is 35.5. The van der Waals surface area contributed by atoms with Gasteiger partial charge in [-0.1, -0.05) is 43.7 Å². The fourth-order valence-corrected chi connectivity index (χ4v) is 8.54. The molecule has 0 amide bonds. The van der Waals surface area contributed by atoms with Gasteiger partial charge >= 0.3 is 11.9 Å². The molecule has 4 aliphatic rings. The summed E-state index contributed by atoms with van der Waals surface area (Å²) in [4.78, 5) is 38.4. The Kier molecular flexibility index (Phi) is 7.25. The first-order chi connectivity index (χ1) is 19.1. The first-order valence-electron chi connectivity index (χ1n) is 13.9. The van der Waals surface area contributed by atoms with Crippen molar-refractivity contribution in [2.24, 2.45) is 28.6 Å². The van der Waals surface area contributed by atoms with Gasteiger partial charge < -0.3 is 14.6 Å². The van der Waals surface area contributed by atoms with E-state index < -0.39 is 87.7 Å². The molecule has 1 aromatic carbocycles. The number of ketones is 1. The zero-order valence-electron chi connectivity index (χ0n) is 23.4. The predicted octanol–water partition coefficient (Wildman–Crippen LogP) is 5.94. The second-order valence-corrected chi connectivity index (χ2v) is 13.0. The number of aliphatic hydroxyl groups excluding tert-OH is 1. The SMILES string of the molecule is CCC(=O)O[C@@]1(C)C[C@H]2[C@@H]3C[C@H](F)C4=C(F)C(=O)C=C[C@]4(C)[C@@]3(F)[C@@H](O)C[C@]2(C)[C@H]1C(=O)OCc1ccc(Cl)cc1. The molecule has 0 aliphatic heterocycles. The van der Waals surface area contributed by atoms with Crippen molar-refractivity contribution >= 4 is 29.3 Å². The number of fused-ring (bicyclic) bond motifs is 5. The summed E-state index contributed by atoms with van der Waals surface area (Å²) >= 11 is 5.95. The van der Waals surface area contributed by atoms with Gasteiger partial charge in [0.2, 0.25) is 5.78 Å². The van der Waals surface area contributed by atoms with Crippen LogP contribution in [0.25, 0.3) is 0 Å². The topological polar surface area (TPSA) is 89.9 Å². The molecule has 3 fully saturated rings. The molecule has 0 unspecified atom stereocenters. The number of hydrogen-bond acceptors (Lipinski definition) is 6. The molecule has 4 aliphatic carbocycles. The van der Waals surface area contributed by atoms with Gasteiger partial charge in [0.15, 0.2) is 11.5 Å². The summed E-state index contributed by atoms with van der Waals surface area (Å²) in [5.41, 5.74) is -7.02. The summed E-state index contributed by atoms with van der Waals surface area (Å²) in [7, 11) is 0. The van der Waals surface area contributed by atoms with Crippen LogP contribution < -0.4 is 0 Å². The second-order valence-electron chi connectivity index (χ2n) is 12.5. The molecular weight excluding hydrogens is 561 g/mol. The van der Waals surface area contributed by atoms with Crippen LogP contribution in [0.2, 0.25) is 5.02 Å². The molecule has 0 aromatic heterocycles. The summed E-state index contributed by atoms with van der Waals surface area (Å²) in [6.45, 7) is 6.11. The van der Waals surface area contributed by atoms with Gasteiger partial charge in [-0.2, -0.15) is 0 Å². The van der Waals surface area contributed by atoms with E-state index in [1.165, 1.54) is 6.92 Å². The largest absolute Gasteiger partial charge is 0.460 e. The fourth-order valence-electron chi connectivity index (χ4n) is 8.42. The van der Waals surface area contributed by atoms with Gasteiger partial charge in [0, 0.05) is 28.3 Å². The van der Waals surface area contributed by atoms with Crippen molar-refractivity contribution in [3.8, 4) is 0 Å². The molecule has 0 saturated heterocycles. The van der Waals surface area contributed by atoms with Crippen LogP contribution in [0.5, 0.6) is 0 Å². The average molecular weight is 595 g/mol. The Morgan fingerprint density at radius 1 is 1.12 bits per heavy atom. The maximum Gasteiger partial charge on any atom is 0.313 e. The lowest BCUT2D eigenvalue weighted by Crippen LogP contribution is -2.68. The van der Waals surface area contributed by atoms with Crippen molar-refractivity contribution < 1.29 is 42.1 Å². The van der Waals surface area contributed by atoms with Gasteiger partial charge in [-0.25, -0.2) is 13.2 Å². The van der Waals surface area contributed by atoms with E-state index in [-0.39, 0.29) is 25.9 Å². The fraction of sp³-hybridized carbons (Fsp3) is 0.581. The Hall–Kier alpha value is -2.65. The highest BCUT2D eigenvalue weighted by Gasteiger charge is 2.76. The van der Waals surface area contributed by atoms with E-state index in [4.69, 9.17) is 21.1 Å². The number of carbonyl (C=O) groups is 3. The number of alkyl halides is 2. The van der Waals surface area contributed by atoms with Crippen LogP contribution in [-0.2, 0) is 30.5 Å². The highest BCUT2D eigenvalue weighted by Crippen LogP contribution is 2.71. The lowest BCUT2D eigenvalue weighted by molar-refractivity contribution is -0.207. The van der Waals surface area contributed by atoms with Crippen LogP contribution in [-0.4, -0.2) is 46.4 Å². The van der Waals surface area contributed by atoms with E-state index in [1.807, 2.05) is 0 Å². The number of halogens is 4. The van der Waals surface area contributed by atoms with Gasteiger partial charge in [0.05, 0.1) is 6.10 Å². The molecule has 10 heteroatoms. The summed E-state index contributed by atoms with van der Waals surface area (Å²) in [5.74, 6) is -6.68. The van der Waals surface area contributed by atoms with Crippen LogP contribution in [0.15, 0.2) is 47.8 Å². The monoisotopic (exact) mass is 594 g/mol. The second kappa shape index (κ2) is 9.97. The number of aliphatic hydroxyl groups is 1. The Labute approximate surface area is 241 Å². The molecule has 3 saturated carbocycles. The third-order valence-electron chi connectivity index (χ3n) is 10.2. The third kappa shape index (κ3) is 4.29. The number of benzene rings is 1. The molecule has 222 valence electrons. The number of esters is 2. The molecule has 9 atom stereocenters. The zero-order chi connectivity index (χ0) is 30.1. The van der Waals surface area contributed by atoms with E-state index in [1.54, 1.807) is 45.0 Å². The smallest absolute Gasteiger partial charge is 0.313 e. The Morgan fingerprint density at radius 2 is 1.78 bits per heavy atom. The molecular formula is C31H34ClF3O6. The van der Waals surface area contributed by atoms with E-state index in [2.05, 4.69) is 0 Å². The molecule has 0 radical (unpaired) electrons. The molecule has 0 heterocycles. The lowest BCUT2D eigenvalue weighted by atomic mass is 9.45. The van der Waals surface area contributed by atoms with E-state index in [0.29, 0.717) is 10.6 Å². The van der Waals surface area contributed by atoms with Crippen molar-refractivity contribution in [2.45, 2.75) is 83.5 Å². The minimum Gasteiger partial charge on any atom is -0.460 e. The van der Waals surface area contributed by atoms with Crippen molar-refractivity contribution in [3.05, 3.63) is 58.4 Å². The Bertz CT molecular complexity index is 1350. The minimum atomic E-state index is -2.55. The predicted molar refractivity (Wildman–Crippen MR) is 144 cm³/mol. The van der Waals surface area contributed by atoms with Gasteiger partial charge in [0.25, 0.3) is 0 Å². The summed E-state index contributed by atoms with van der Waals surface area (Å²) in [5, 5.41) is 12.0. The van der Waals surface area contributed by atoms with Crippen molar-refractivity contribution in [1.82, 2.24) is 0 Å². The summed E-state index contributed by atoms with van der Waals surface area (Å²) in [6, 6.07) is 6.70. The van der Waals surface area contributed by atoms with Gasteiger partial charge in [-0.05, 0) is 68.2 Å². The summed E-state index contributed by atoms with van der Waals surface area (Å²) in [6.07, 6.45) is -2.42. The van der Waals surface area contributed by atoms with Gasteiger partial charge in [-0.15, -0.1) is 0 Å². The quantitative estimate of drug-likeness (QED) is 0.425. The highest BCUT2D eigenvalue weighted by molar-refractivity contribution is 6.30. The molecule has 0 spiro atoms. The first-order valence-corrected chi connectivity index (χ1v) is 14.3. The Balaban J connectivity index is 1.56. The number of allylic oxidation sites excluding steroid dienone is 4. The lowest BCUT2D eigenvalue weighted by Gasteiger charge is -2.62. The number of hydrogen-bond donors (Lipinski definition) is 1. The number of ether oxygens (including phenoxy) is 2. The van der Waals surface area contributed by atoms with Crippen LogP contribution in [0.1, 0.15) is 58.9 Å². The Morgan fingerprint density at radius 3 is 2.41 bits per heavy atom. The van der Waals surface area contributed by atoms with Crippen LogP contribution in [0.4, 0.5) is 13.2 Å². The van der Waals surface area contributed by atoms with Crippen molar-refractivity contribution in [1.29, 1.82) is 0 Å². The van der Waals surface area contributed by atoms with Crippen molar-refractivity contribution in [2.75, 3.05) is 0 Å². The van der Waals surface area contributed by atoms with E-state index in [9.17, 15) is 23.9 Å². The molecule has 0 bridgehead atoms. The number of rotatable bonds is 5. The molecule has 5 rings (SSSR count). The zero-order valence-corrected chi connectivity index (χ0v) is 24.1. The number of carbonyl (C=O) groups excluding carboxylic acids is 3. The van der Waals surface area contributed by atoms with E-state index in [0.717, 1.165) is 12.2 Å². The molecule has 1 N–H and O–H groups in total. The normalized spacial score (nSPS) is 41.4. The van der Waals surface area contributed by atoms with Gasteiger partial charge in [0.1, 0.15) is 24.3 Å². The maximum absolute atomic E-state index is 17.5. The summed E-state index contributed by atoms with van der Waals surface area (Å²) < 4.78 is 59.8. The first kappa shape index (κ1) is 29.8. The average Bonchev–Trinajstić information content (AvgIpc) is 3.13. The van der Waals surface area contributed by atoms with Gasteiger partial charge in [-0.3, -0.25) is 14.4 Å². The molecule has 1 aromatic rings. The third-order valence-corrected chi connectivity index (χ3v) is 10.5. The van der Waals surface area contributed by atoms with E-state index >= 15 is 8.78 Å².